The van der Waals surface area contributed by atoms with Crippen molar-refractivity contribution in [2.45, 2.75) is 26.3 Å². The fraction of sp³-hybridized carbons (Fsp3) is 0.533. The zero-order chi connectivity index (χ0) is 13.7. The van der Waals surface area contributed by atoms with E-state index in [4.69, 9.17) is 10.00 Å². The van der Waals surface area contributed by atoms with Gasteiger partial charge in [0.25, 0.3) is 0 Å². The number of halogens is 1. The van der Waals surface area contributed by atoms with Crippen LogP contribution in [0, 0.1) is 22.6 Å². The molecule has 1 aromatic rings. The molecule has 0 aliphatic carbocycles. The van der Waals surface area contributed by atoms with Crippen LogP contribution in [0.3, 0.4) is 0 Å². The highest BCUT2D eigenvalue weighted by Crippen LogP contribution is 2.28. The van der Waals surface area contributed by atoms with E-state index in [9.17, 15) is 4.39 Å². The maximum Gasteiger partial charge on any atom is 0.124 e. The molecule has 1 aliphatic rings. The van der Waals surface area contributed by atoms with Crippen molar-refractivity contribution in [3.63, 3.8) is 0 Å². The van der Waals surface area contributed by atoms with Crippen LogP contribution in [0.5, 0.6) is 0 Å². The highest BCUT2D eigenvalue weighted by Gasteiger charge is 2.26. The van der Waals surface area contributed by atoms with Gasteiger partial charge in [0.2, 0.25) is 0 Å². The molecule has 1 aliphatic heterocycles. The Kier molecular flexibility index (Phi) is 4.52. The molecule has 4 heteroatoms. The van der Waals surface area contributed by atoms with Crippen molar-refractivity contribution in [2.75, 3.05) is 19.8 Å². The van der Waals surface area contributed by atoms with Gasteiger partial charge in [0.15, 0.2) is 0 Å². The van der Waals surface area contributed by atoms with Crippen LogP contribution in [0.2, 0.25) is 0 Å². The monoisotopic (exact) mass is 262 g/mol. The van der Waals surface area contributed by atoms with Gasteiger partial charge >= 0.3 is 0 Å². The van der Waals surface area contributed by atoms with Crippen LogP contribution in [-0.2, 0) is 11.3 Å². The van der Waals surface area contributed by atoms with E-state index in [2.05, 4.69) is 12.2 Å². The molecule has 3 nitrogen and oxygen atoms in total. The Bertz CT molecular complexity index is 476. The van der Waals surface area contributed by atoms with Crippen LogP contribution in [0.15, 0.2) is 18.2 Å². The molecule has 0 unspecified atom stereocenters. The number of ether oxygens (including phenoxy) is 1. The molecular formula is C15H19FN2O. The Labute approximate surface area is 113 Å². The summed E-state index contributed by atoms with van der Waals surface area (Å²) in [4.78, 5) is 0. The summed E-state index contributed by atoms with van der Waals surface area (Å²) in [5.74, 6) is -0.354. The molecule has 19 heavy (non-hydrogen) atoms. The van der Waals surface area contributed by atoms with Gasteiger partial charge in [-0.05, 0) is 42.0 Å². The topological polar surface area (TPSA) is 45.0 Å². The number of nitrogens with one attached hydrogen (secondary N) is 1. The van der Waals surface area contributed by atoms with Gasteiger partial charge in [0.05, 0.1) is 11.6 Å². The van der Waals surface area contributed by atoms with Gasteiger partial charge in [-0.1, -0.05) is 6.92 Å². The first-order valence-electron chi connectivity index (χ1n) is 6.59. The van der Waals surface area contributed by atoms with Gasteiger partial charge in [-0.2, -0.15) is 5.26 Å². The fourth-order valence-electron chi connectivity index (χ4n) is 2.37. The first-order valence-corrected chi connectivity index (χ1v) is 6.59. The van der Waals surface area contributed by atoms with Crippen molar-refractivity contribution in [3.05, 3.63) is 35.1 Å². The molecule has 2 rings (SSSR count). The van der Waals surface area contributed by atoms with Crippen LogP contribution in [-0.4, -0.2) is 19.8 Å². The van der Waals surface area contributed by atoms with Crippen LogP contribution in [0.1, 0.15) is 30.9 Å². The van der Waals surface area contributed by atoms with Crippen molar-refractivity contribution in [2.24, 2.45) is 5.41 Å². The van der Waals surface area contributed by atoms with E-state index in [-0.39, 0.29) is 11.2 Å². The fourth-order valence-corrected chi connectivity index (χ4v) is 2.37. The summed E-state index contributed by atoms with van der Waals surface area (Å²) in [7, 11) is 0. The number of benzene rings is 1. The zero-order valence-electron chi connectivity index (χ0n) is 11.2. The molecule has 1 saturated heterocycles. The number of hydrogen-bond acceptors (Lipinski definition) is 3. The lowest BCUT2D eigenvalue weighted by Crippen LogP contribution is -2.36. The molecule has 0 saturated carbocycles. The summed E-state index contributed by atoms with van der Waals surface area (Å²) in [6.45, 7) is 5.35. The molecule has 0 aromatic heterocycles. The molecular weight excluding hydrogens is 243 g/mol. The lowest BCUT2D eigenvalue weighted by Gasteiger charge is -2.33. The van der Waals surface area contributed by atoms with Crippen molar-refractivity contribution in [3.8, 4) is 6.07 Å². The standard InChI is InChI=1S/C15H19FN2O/c1-15(2-4-19-5-3-15)11-18-10-13-6-12(9-17)7-14(16)8-13/h6-8,18H,2-5,10-11H2,1H3. The highest BCUT2D eigenvalue weighted by atomic mass is 19.1. The lowest BCUT2D eigenvalue weighted by molar-refractivity contribution is 0.0240. The van der Waals surface area contributed by atoms with Crippen molar-refractivity contribution < 1.29 is 9.13 Å². The summed E-state index contributed by atoms with van der Waals surface area (Å²) in [5, 5.41) is 12.2. The highest BCUT2D eigenvalue weighted by molar-refractivity contribution is 5.33. The van der Waals surface area contributed by atoms with Gasteiger partial charge in [0, 0.05) is 26.3 Å². The van der Waals surface area contributed by atoms with Crippen LogP contribution in [0.4, 0.5) is 4.39 Å². The number of hydrogen-bond donors (Lipinski definition) is 1. The normalized spacial score (nSPS) is 17.9. The molecule has 0 amide bonds. The number of rotatable bonds is 4. The van der Waals surface area contributed by atoms with E-state index >= 15 is 0 Å². The molecule has 0 spiro atoms. The quantitative estimate of drug-likeness (QED) is 0.907. The largest absolute Gasteiger partial charge is 0.381 e. The Morgan fingerprint density at radius 1 is 1.37 bits per heavy atom. The molecule has 0 radical (unpaired) electrons. The molecule has 102 valence electrons. The van der Waals surface area contributed by atoms with E-state index in [0.29, 0.717) is 12.1 Å². The van der Waals surface area contributed by atoms with Crippen molar-refractivity contribution >= 4 is 0 Å². The molecule has 0 bridgehead atoms. The first kappa shape index (κ1) is 14.0. The van der Waals surface area contributed by atoms with E-state index < -0.39 is 0 Å². The Balaban J connectivity index is 1.88. The van der Waals surface area contributed by atoms with Crippen LogP contribution < -0.4 is 5.32 Å². The molecule has 1 heterocycles. The molecule has 1 fully saturated rings. The van der Waals surface area contributed by atoms with Crippen molar-refractivity contribution in [1.82, 2.24) is 5.32 Å². The third-order valence-electron chi connectivity index (χ3n) is 3.67. The SMILES string of the molecule is CC1(CNCc2cc(F)cc(C#N)c2)CCOCC1. The van der Waals surface area contributed by atoms with Gasteiger partial charge in [-0.3, -0.25) is 0 Å². The predicted octanol–water partition coefficient (Wildman–Crippen LogP) is 2.60. The van der Waals surface area contributed by atoms with E-state index in [1.165, 1.54) is 12.1 Å². The molecule has 1 N–H and O–H groups in total. The number of nitriles is 1. The Morgan fingerprint density at radius 3 is 2.79 bits per heavy atom. The number of nitrogens with zero attached hydrogens (tertiary/aromatic N) is 1. The summed E-state index contributed by atoms with van der Waals surface area (Å²) in [5.41, 5.74) is 1.44. The smallest absolute Gasteiger partial charge is 0.124 e. The minimum absolute atomic E-state index is 0.254. The summed E-state index contributed by atoms with van der Waals surface area (Å²) >= 11 is 0. The third kappa shape index (κ3) is 4.02. The van der Waals surface area contributed by atoms with Crippen LogP contribution in [0.25, 0.3) is 0 Å². The zero-order valence-corrected chi connectivity index (χ0v) is 11.2. The van der Waals surface area contributed by atoms with E-state index in [1.807, 2.05) is 6.07 Å². The second-order valence-corrected chi connectivity index (χ2v) is 5.49. The maximum atomic E-state index is 13.3. The van der Waals surface area contributed by atoms with Gasteiger partial charge in [-0.15, -0.1) is 0 Å². The van der Waals surface area contributed by atoms with Gasteiger partial charge < -0.3 is 10.1 Å². The molecule has 1 aromatic carbocycles. The van der Waals surface area contributed by atoms with Crippen molar-refractivity contribution in [1.29, 1.82) is 5.26 Å². The summed E-state index contributed by atoms with van der Waals surface area (Å²) in [6, 6.07) is 6.42. The second kappa shape index (κ2) is 6.14. The minimum Gasteiger partial charge on any atom is -0.381 e. The Hall–Kier alpha value is -1.44. The first-order chi connectivity index (χ1) is 9.11. The average Bonchev–Trinajstić information content (AvgIpc) is 2.38. The van der Waals surface area contributed by atoms with E-state index in [1.54, 1.807) is 6.07 Å². The summed E-state index contributed by atoms with van der Waals surface area (Å²) in [6.07, 6.45) is 2.10. The average molecular weight is 262 g/mol. The second-order valence-electron chi connectivity index (χ2n) is 5.49. The minimum atomic E-state index is -0.354. The van der Waals surface area contributed by atoms with Crippen LogP contribution >= 0.6 is 0 Å². The lowest BCUT2D eigenvalue weighted by atomic mass is 9.82. The summed E-state index contributed by atoms with van der Waals surface area (Å²) < 4.78 is 18.6. The maximum absolute atomic E-state index is 13.3. The third-order valence-corrected chi connectivity index (χ3v) is 3.67. The van der Waals surface area contributed by atoms with E-state index in [0.717, 1.165) is 38.2 Å². The Morgan fingerprint density at radius 2 is 2.11 bits per heavy atom. The van der Waals surface area contributed by atoms with Gasteiger partial charge in [0.1, 0.15) is 5.82 Å². The molecule has 0 atom stereocenters. The van der Waals surface area contributed by atoms with Gasteiger partial charge in [-0.25, -0.2) is 4.39 Å². The predicted molar refractivity (Wildman–Crippen MR) is 71.0 cm³/mol.